The van der Waals surface area contributed by atoms with E-state index >= 15 is 0 Å². The number of aryl methyl sites for hydroxylation is 1. The second-order valence-electron chi connectivity index (χ2n) is 7.34. The summed E-state index contributed by atoms with van der Waals surface area (Å²) in [5.74, 6) is 0. The monoisotopic (exact) mass is 508 g/mol. The molecule has 0 bridgehead atoms. The third-order valence-corrected chi connectivity index (χ3v) is 7.92. The van der Waals surface area contributed by atoms with Crippen LogP contribution in [0.1, 0.15) is 41.1 Å². The van der Waals surface area contributed by atoms with Crippen LogP contribution in [0, 0.1) is 0 Å². The molecule has 0 saturated heterocycles. The van der Waals surface area contributed by atoms with Crippen molar-refractivity contribution in [3.63, 3.8) is 0 Å². The van der Waals surface area contributed by atoms with Gasteiger partial charge in [0.2, 0.25) is 0 Å². The van der Waals surface area contributed by atoms with Gasteiger partial charge in [-0.25, -0.2) is 9.19 Å². The minimum absolute atomic E-state index is 0.0101. The fraction of sp³-hybridized carbons (Fsp3) is 0.300. The van der Waals surface area contributed by atoms with E-state index in [4.69, 9.17) is 39.9 Å². The average molecular weight is 510 g/mol. The van der Waals surface area contributed by atoms with Crippen molar-refractivity contribution in [2.45, 2.75) is 36.2 Å². The van der Waals surface area contributed by atoms with Crippen molar-refractivity contribution in [3.8, 4) is 0 Å². The molecule has 0 radical (unpaired) electrons. The van der Waals surface area contributed by atoms with Gasteiger partial charge in [0.05, 0.1) is 26.8 Å². The van der Waals surface area contributed by atoms with Gasteiger partial charge in [-0.2, -0.15) is 13.2 Å². The first kappa shape index (κ1) is 22.6. The number of halogens is 6. The Bertz CT molecular complexity index is 1090. The van der Waals surface area contributed by atoms with Crippen molar-refractivity contribution < 1.29 is 23.1 Å². The lowest BCUT2D eigenvalue weighted by Crippen LogP contribution is -2.38. The van der Waals surface area contributed by atoms with Crippen LogP contribution in [0.4, 0.5) is 18.0 Å². The quantitative estimate of drug-likeness (QED) is 0.340. The molecule has 0 spiro atoms. The molecular weight excluding hydrogens is 496 g/mol. The summed E-state index contributed by atoms with van der Waals surface area (Å²) in [6.07, 6.45) is -4.93. The summed E-state index contributed by atoms with van der Waals surface area (Å²) in [4.78, 5) is 11.0. The number of hydrogen-bond acceptors (Lipinski definition) is 3. The molecule has 11 heteroatoms. The van der Waals surface area contributed by atoms with Crippen LogP contribution >= 0.6 is 46.8 Å². The summed E-state index contributed by atoms with van der Waals surface area (Å²) in [6, 6.07) is 7.19. The van der Waals surface area contributed by atoms with Crippen LogP contribution in [-0.2, 0) is 11.2 Å². The van der Waals surface area contributed by atoms with Gasteiger partial charge in [-0.05, 0) is 65.2 Å². The molecule has 2 N–H and O–H groups in total. The highest BCUT2D eigenvalue weighted by atomic mass is 35.5. The Morgan fingerprint density at radius 1 is 1.19 bits per heavy atom. The first-order valence-electron chi connectivity index (χ1n) is 9.11. The van der Waals surface area contributed by atoms with Crippen molar-refractivity contribution in [1.29, 1.82) is 0 Å². The second kappa shape index (κ2) is 8.06. The van der Waals surface area contributed by atoms with Gasteiger partial charge in [0.1, 0.15) is 0 Å². The molecular formula is C20H14Cl3F3N2O2S. The van der Waals surface area contributed by atoms with E-state index in [1.165, 1.54) is 12.1 Å². The predicted molar refractivity (Wildman–Crippen MR) is 117 cm³/mol. The molecule has 2 unspecified atom stereocenters. The minimum Gasteiger partial charge on any atom is -0.465 e. The fourth-order valence-electron chi connectivity index (χ4n) is 3.93. The predicted octanol–water partition coefficient (Wildman–Crippen LogP) is 7.20. The highest BCUT2D eigenvalue weighted by molar-refractivity contribution is 7.99. The fourth-order valence-corrected chi connectivity index (χ4v) is 5.49. The summed E-state index contributed by atoms with van der Waals surface area (Å²) in [7, 11) is 0. The Balaban J connectivity index is 1.70. The Kier molecular flexibility index (Phi) is 5.87. The summed E-state index contributed by atoms with van der Waals surface area (Å²) in [6.45, 7) is 0. The number of benzene rings is 2. The van der Waals surface area contributed by atoms with E-state index in [-0.39, 0.29) is 26.3 Å². The van der Waals surface area contributed by atoms with E-state index in [2.05, 4.69) is 9.71 Å². The molecule has 1 heterocycles. The van der Waals surface area contributed by atoms with Crippen molar-refractivity contribution >= 4 is 58.6 Å². The molecule has 1 aliphatic carbocycles. The third-order valence-electron chi connectivity index (χ3n) is 5.49. The molecule has 4 nitrogen and oxygen atoms in total. The molecule has 4 rings (SSSR count). The molecule has 0 fully saturated rings. The first-order chi connectivity index (χ1) is 14.5. The van der Waals surface area contributed by atoms with Crippen LogP contribution in [-0.4, -0.2) is 23.1 Å². The number of nitrogens with zero attached hydrogens (tertiary/aromatic N) is 1. The maximum Gasteiger partial charge on any atom is 0.409 e. The molecule has 31 heavy (non-hydrogen) atoms. The van der Waals surface area contributed by atoms with E-state index in [0.717, 1.165) is 11.1 Å². The highest BCUT2D eigenvalue weighted by Gasteiger charge is 2.60. The van der Waals surface area contributed by atoms with Gasteiger partial charge in [0.15, 0.2) is 4.75 Å². The van der Waals surface area contributed by atoms with Crippen LogP contribution in [0.2, 0.25) is 15.1 Å². The molecule has 1 amide bonds. The number of amides is 1. The molecule has 1 aliphatic heterocycles. The summed E-state index contributed by atoms with van der Waals surface area (Å²) in [5.41, 5.74) is 2.37. The molecule has 2 aromatic rings. The largest absolute Gasteiger partial charge is 0.465 e. The zero-order valence-electron chi connectivity index (χ0n) is 15.6. The summed E-state index contributed by atoms with van der Waals surface area (Å²) >= 11 is 18.3. The topological polar surface area (TPSA) is 61.7 Å². The number of alkyl halides is 3. The van der Waals surface area contributed by atoms with E-state index < -0.39 is 29.5 Å². The van der Waals surface area contributed by atoms with Gasteiger partial charge in [0, 0.05) is 6.42 Å². The Hall–Kier alpha value is -1.61. The number of carbonyl (C=O) groups is 1. The van der Waals surface area contributed by atoms with Gasteiger partial charge < -0.3 is 10.4 Å². The van der Waals surface area contributed by atoms with Crippen molar-refractivity contribution in [2.24, 2.45) is 4.40 Å². The van der Waals surface area contributed by atoms with Crippen molar-refractivity contribution in [3.05, 3.63) is 67.7 Å². The molecule has 2 aliphatic rings. The standard InChI is InChI=1S/C20H14Cl3F3N2O2S/c21-13-6-11(7-14(22)17(13)23)19(20(24,25)26)8-16(28-31-19)10-2-1-9-3-4-15(12(9)5-10)27-18(29)30/h1-2,5-7,15,27H,3-4,8H2,(H,29,30). The lowest BCUT2D eigenvalue weighted by atomic mass is 9.89. The van der Waals surface area contributed by atoms with Crippen molar-refractivity contribution in [2.75, 3.05) is 0 Å². The van der Waals surface area contributed by atoms with Crippen LogP contribution in [0.25, 0.3) is 0 Å². The Labute approximate surface area is 194 Å². The first-order valence-corrected chi connectivity index (χ1v) is 11.0. The molecule has 2 aromatic carbocycles. The van der Waals surface area contributed by atoms with E-state index in [0.29, 0.717) is 30.4 Å². The number of fused-ring (bicyclic) bond motifs is 1. The van der Waals surface area contributed by atoms with Crippen LogP contribution in [0.5, 0.6) is 0 Å². The highest BCUT2D eigenvalue weighted by Crippen LogP contribution is 2.57. The summed E-state index contributed by atoms with van der Waals surface area (Å²) < 4.78 is 44.7. The van der Waals surface area contributed by atoms with Gasteiger partial charge in [-0.15, -0.1) is 0 Å². The van der Waals surface area contributed by atoms with E-state index in [1.54, 1.807) is 12.1 Å². The number of hydrogen-bond donors (Lipinski definition) is 2. The molecule has 0 aromatic heterocycles. The van der Waals surface area contributed by atoms with Gasteiger partial charge >= 0.3 is 12.3 Å². The second-order valence-corrected chi connectivity index (χ2v) is 9.59. The number of nitrogens with one attached hydrogen (secondary N) is 1. The maximum absolute atomic E-state index is 14.3. The molecule has 2 atom stereocenters. The van der Waals surface area contributed by atoms with Crippen LogP contribution in [0.15, 0.2) is 34.7 Å². The van der Waals surface area contributed by atoms with Gasteiger partial charge in [-0.3, -0.25) is 0 Å². The zero-order chi connectivity index (χ0) is 22.6. The summed E-state index contributed by atoms with van der Waals surface area (Å²) in [5, 5.41) is 11.3. The lowest BCUT2D eigenvalue weighted by Gasteiger charge is -2.30. The number of carboxylic acid groups (broad SMARTS) is 1. The Morgan fingerprint density at radius 2 is 1.87 bits per heavy atom. The normalized spacial score (nSPS) is 22.9. The lowest BCUT2D eigenvalue weighted by molar-refractivity contribution is -0.159. The number of rotatable bonds is 3. The van der Waals surface area contributed by atoms with Crippen LogP contribution < -0.4 is 5.32 Å². The van der Waals surface area contributed by atoms with Crippen molar-refractivity contribution in [1.82, 2.24) is 5.32 Å². The van der Waals surface area contributed by atoms with Gasteiger partial charge in [0.25, 0.3) is 0 Å². The smallest absolute Gasteiger partial charge is 0.409 e. The Morgan fingerprint density at radius 3 is 2.48 bits per heavy atom. The van der Waals surface area contributed by atoms with Gasteiger partial charge in [-0.1, -0.05) is 46.9 Å². The van der Waals surface area contributed by atoms with E-state index in [9.17, 15) is 18.0 Å². The third kappa shape index (κ3) is 3.99. The SMILES string of the molecule is O=C(O)NC1CCc2ccc(C3=NSC(c4cc(Cl)c(Cl)c(Cl)c4)(C(F)(F)F)C3)cc21. The zero-order valence-corrected chi connectivity index (χ0v) is 18.6. The van der Waals surface area contributed by atoms with Crippen LogP contribution in [0.3, 0.4) is 0 Å². The van der Waals surface area contributed by atoms with E-state index in [1.807, 2.05) is 6.07 Å². The molecule has 0 saturated carbocycles. The maximum atomic E-state index is 14.3. The minimum atomic E-state index is -4.65. The average Bonchev–Trinajstić information content (AvgIpc) is 3.30. The molecule has 164 valence electrons.